The number of nitrogens with one attached hydrogen (secondary N) is 1. The Morgan fingerprint density at radius 1 is 1.12 bits per heavy atom. The molecule has 5 nitrogen and oxygen atoms in total. The molecule has 0 spiro atoms. The molecule has 25 heavy (non-hydrogen) atoms. The Labute approximate surface area is 150 Å². The maximum atomic E-state index is 12.1. The van der Waals surface area contributed by atoms with E-state index >= 15 is 0 Å². The molecule has 2 aliphatic heterocycles. The maximum Gasteiger partial charge on any atom is 0.248 e. The summed E-state index contributed by atoms with van der Waals surface area (Å²) < 4.78 is 5.41. The van der Waals surface area contributed by atoms with E-state index in [2.05, 4.69) is 22.3 Å². The van der Waals surface area contributed by atoms with Crippen LogP contribution in [0.25, 0.3) is 0 Å². The summed E-state index contributed by atoms with van der Waals surface area (Å²) in [5.41, 5.74) is 2.38. The van der Waals surface area contributed by atoms with E-state index in [1.807, 2.05) is 29.0 Å². The first-order valence-corrected chi connectivity index (χ1v) is 9.29. The molecule has 1 atom stereocenters. The van der Waals surface area contributed by atoms with Crippen molar-refractivity contribution in [2.75, 3.05) is 31.2 Å². The molecule has 1 aromatic carbocycles. The number of benzene rings is 1. The first-order valence-electron chi connectivity index (χ1n) is 8.35. The van der Waals surface area contributed by atoms with Crippen LogP contribution in [0.15, 0.2) is 52.9 Å². The third-order valence-corrected chi connectivity index (χ3v) is 5.51. The predicted octanol–water partition coefficient (Wildman–Crippen LogP) is 2.79. The molecule has 1 saturated heterocycles. The van der Waals surface area contributed by atoms with Gasteiger partial charge in [0.25, 0.3) is 0 Å². The summed E-state index contributed by atoms with van der Waals surface area (Å²) in [6.45, 7) is 3.26. The molecular formula is C19H20N2O3S. The van der Waals surface area contributed by atoms with Gasteiger partial charge in [-0.3, -0.25) is 4.79 Å². The maximum absolute atomic E-state index is 12.1. The van der Waals surface area contributed by atoms with Crippen molar-refractivity contribution in [1.82, 2.24) is 5.32 Å². The van der Waals surface area contributed by atoms with E-state index in [1.54, 1.807) is 11.3 Å². The van der Waals surface area contributed by atoms with Gasteiger partial charge in [0, 0.05) is 31.3 Å². The second-order valence-electron chi connectivity index (χ2n) is 6.37. The molecule has 130 valence electrons. The van der Waals surface area contributed by atoms with Gasteiger partial charge in [-0.1, -0.05) is 12.1 Å². The van der Waals surface area contributed by atoms with Gasteiger partial charge in [0.2, 0.25) is 5.91 Å². The highest BCUT2D eigenvalue weighted by atomic mass is 32.1. The van der Waals surface area contributed by atoms with Gasteiger partial charge >= 0.3 is 0 Å². The number of hydrogen-bond acceptors (Lipinski definition) is 5. The molecule has 1 aromatic heterocycles. The largest absolute Gasteiger partial charge is 0.512 e. The Morgan fingerprint density at radius 3 is 2.52 bits per heavy atom. The lowest BCUT2D eigenvalue weighted by molar-refractivity contribution is -0.119. The van der Waals surface area contributed by atoms with Gasteiger partial charge in [-0.2, -0.15) is 11.3 Å². The Hall–Kier alpha value is -2.31. The normalized spacial score (nSPS) is 23.9. The second-order valence-corrected chi connectivity index (χ2v) is 7.15. The first kappa shape index (κ1) is 16.2. The number of ether oxygens (including phenoxy) is 1. The molecule has 1 unspecified atom stereocenters. The molecule has 3 heterocycles. The lowest BCUT2D eigenvalue weighted by atomic mass is 9.79. The lowest BCUT2D eigenvalue weighted by Crippen LogP contribution is -2.49. The molecule has 0 radical (unpaired) electrons. The van der Waals surface area contributed by atoms with Gasteiger partial charge in [-0.15, -0.1) is 0 Å². The van der Waals surface area contributed by atoms with E-state index in [-0.39, 0.29) is 11.7 Å². The quantitative estimate of drug-likeness (QED) is 0.888. The standard InChI is InChI=1S/C19H20N2O3S/c22-17-11-18(23)20-19(12-17,15-5-10-25-13-15)14-1-3-16(4-2-14)21-6-8-24-9-7-21/h1-5,10-11,13,22H,6-9,12H2,(H,20,23). The van der Waals surface area contributed by atoms with Crippen LogP contribution >= 0.6 is 11.3 Å². The van der Waals surface area contributed by atoms with Crippen molar-refractivity contribution in [3.8, 4) is 0 Å². The molecule has 0 saturated carbocycles. The molecule has 0 aliphatic carbocycles. The van der Waals surface area contributed by atoms with Gasteiger partial charge in [0.05, 0.1) is 18.8 Å². The number of morpholine rings is 1. The lowest BCUT2D eigenvalue weighted by Gasteiger charge is -2.37. The predicted molar refractivity (Wildman–Crippen MR) is 98.0 cm³/mol. The van der Waals surface area contributed by atoms with E-state index in [4.69, 9.17) is 4.74 Å². The van der Waals surface area contributed by atoms with Gasteiger partial charge in [-0.05, 0) is 40.1 Å². The number of carbonyl (C=O) groups excluding carboxylic acids is 1. The number of amides is 1. The summed E-state index contributed by atoms with van der Waals surface area (Å²) in [6.07, 6.45) is 1.61. The Kier molecular flexibility index (Phi) is 4.23. The SMILES string of the molecule is O=C1C=C(O)CC(c2ccc(N3CCOCC3)cc2)(c2ccsc2)N1. The van der Waals surface area contributed by atoms with E-state index in [0.717, 1.165) is 43.1 Å². The molecular weight excluding hydrogens is 336 g/mol. The van der Waals surface area contributed by atoms with Crippen LogP contribution in [-0.4, -0.2) is 37.3 Å². The summed E-state index contributed by atoms with van der Waals surface area (Å²) in [7, 11) is 0. The van der Waals surface area contributed by atoms with Crippen molar-refractivity contribution in [3.63, 3.8) is 0 Å². The second kappa shape index (κ2) is 6.54. The highest BCUT2D eigenvalue weighted by molar-refractivity contribution is 7.08. The zero-order valence-electron chi connectivity index (χ0n) is 13.8. The molecule has 0 bridgehead atoms. The average Bonchev–Trinajstić information content (AvgIpc) is 3.17. The van der Waals surface area contributed by atoms with E-state index in [0.29, 0.717) is 6.42 Å². The van der Waals surface area contributed by atoms with Gasteiger partial charge < -0.3 is 20.1 Å². The topological polar surface area (TPSA) is 61.8 Å². The molecule has 1 fully saturated rings. The smallest absolute Gasteiger partial charge is 0.248 e. The minimum Gasteiger partial charge on any atom is -0.512 e. The van der Waals surface area contributed by atoms with Crippen LogP contribution in [0.2, 0.25) is 0 Å². The third kappa shape index (κ3) is 3.03. The van der Waals surface area contributed by atoms with Crippen LogP contribution in [0.3, 0.4) is 0 Å². The van der Waals surface area contributed by atoms with Crippen molar-refractivity contribution in [2.45, 2.75) is 12.0 Å². The fraction of sp³-hybridized carbons (Fsp3) is 0.316. The number of aliphatic hydroxyl groups excluding tert-OH is 1. The number of hydrogen-bond donors (Lipinski definition) is 2. The molecule has 2 aromatic rings. The number of aliphatic hydroxyl groups is 1. The monoisotopic (exact) mass is 356 g/mol. The Balaban J connectivity index is 1.71. The van der Waals surface area contributed by atoms with Crippen LogP contribution in [0.1, 0.15) is 17.5 Å². The van der Waals surface area contributed by atoms with E-state index in [1.165, 1.54) is 6.08 Å². The highest BCUT2D eigenvalue weighted by Gasteiger charge is 2.39. The summed E-state index contributed by atoms with van der Waals surface area (Å²) in [6, 6.07) is 10.2. The summed E-state index contributed by atoms with van der Waals surface area (Å²) in [5, 5.41) is 17.2. The molecule has 4 rings (SSSR count). The van der Waals surface area contributed by atoms with Crippen LogP contribution in [-0.2, 0) is 15.1 Å². The number of anilines is 1. The number of thiophene rings is 1. The minimum absolute atomic E-state index is 0.104. The van der Waals surface area contributed by atoms with E-state index in [9.17, 15) is 9.90 Å². The summed E-state index contributed by atoms with van der Waals surface area (Å²) >= 11 is 1.58. The Bertz CT molecular complexity index is 780. The van der Waals surface area contributed by atoms with Gasteiger partial charge in [0.1, 0.15) is 5.76 Å². The third-order valence-electron chi connectivity index (χ3n) is 4.83. The number of rotatable bonds is 3. The van der Waals surface area contributed by atoms with Crippen LogP contribution in [0, 0.1) is 0 Å². The summed E-state index contributed by atoms with van der Waals surface area (Å²) in [5.74, 6) is -0.167. The number of carbonyl (C=O) groups is 1. The van der Waals surface area contributed by atoms with Crippen molar-refractivity contribution in [3.05, 3.63) is 64.1 Å². The van der Waals surface area contributed by atoms with Crippen molar-refractivity contribution < 1.29 is 14.6 Å². The van der Waals surface area contributed by atoms with Crippen LogP contribution in [0.4, 0.5) is 5.69 Å². The van der Waals surface area contributed by atoms with Gasteiger partial charge in [-0.25, -0.2) is 0 Å². The first-order chi connectivity index (χ1) is 12.2. The number of nitrogens with zero attached hydrogens (tertiary/aromatic N) is 1. The fourth-order valence-electron chi connectivity index (χ4n) is 3.57. The fourth-order valence-corrected chi connectivity index (χ4v) is 4.30. The van der Waals surface area contributed by atoms with E-state index < -0.39 is 5.54 Å². The summed E-state index contributed by atoms with van der Waals surface area (Å²) in [4.78, 5) is 14.4. The average molecular weight is 356 g/mol. The van der Waals surface area contributed by atoms with Crippen LogP contribution in [0.5, 0.6) is 0 Å². The van der Waals surface area contributed by atoms with Crippen molar-refractivity contribution in [1.29, 1.82) is 0 Å². The van der Waals surface area contributed by atoms with Crippen molar-refractivity contribution in [2.24, 2.45) is 0 Å². The Morgan fingerprint density at radius 2 is 1.88 bits per heavy atom. The zero-order chi connectivity index (χ0) is 17.3. The molecule has 2 N–H and O–H groups in total. The highest BCUT2D eigenvalue weighted by Crippen LogP contribution is 2.39. The molecule has 6 heteroatoms. The van der Waals surface area contributed by atoms with Gasteiger partial charge in [0.15, 0.2) is 0 Å². The molecule has 2 aliphatic rings. The van der Waals surface area contributed by atoms with Crippen LogP contribution < -0.4 is 10.2 Å². The van der Waals surface area contributed by atoms with Crippen molar-refractivity contribution >= 4 is 22.9 Å². The molecule has 1 amide bonds. The minimum atomic E-state index is -0.723. The zero-order valence-corrected chi connectivity index (χ0v) is 14.6.